The van der Waals surface area contributed by atoms with Gasteiger partial charge in [-0.05, 0) is 38.3 Å². The van der Waals surface area contributed by atoms with E-state index in [2.05, 4.69) is 5.32 Å². The number of nitrogens with one attached hydrogen (secondary N) is 1. The lowest BCUT2D eigenvalue weighted by atomic mass is 9.92. The van der Waals surface area contributed by atoms with Crippen LogP contribution in [0.3, 0.4) is 0 Å². The number of rotatable bonds is 4. The van der Waals surface area contributed by atoms with Crippen molar-refractivity contribution in [2.75, 3.05) is 17.7 Å². The minimum Gasteiger partial charge on any atom is -0.462 e. The number of ether oxygens (including phenoxy) is 1. The quantitative estimate of drug-likeness (QED) is 0.620. The number of anilines is 2. The van der Waals surface area contributed by atoms with Crippen molar-refractivity contribution in [1.82, 2.24) is 0 Å². The molecule has 3 N–H and O–H groups in total. The molecular formula is C13H18N2O2. The van der Waals surface area contributed by atoms with E-state index >= 15 is 0 Å². The minimum absolute atomic E-state index is 0.318. The zero-order valence-corrected chi connectivity index (χ0v) is 10.0. The first-order valence-corrected chi connectivity index (χ1v) is 6.04. The summed E-state index contributed by atoms with van der Waals surface area (Å²) in [4.78, 5) is 11.8. The van der Waals surface area contributed by atoms with Crippen LogP contribution in [-0.2, 0) is 4.74 Å². The fourth-order valence-electron chi connectivity index (χ4n) is 1.87. The molecule has 2 rings (SSSR count). The van der Waals surface area contributed by atoms with Gasteiger partial charge in [-0.2, -0.15) is 0 Å². The summed E-state index contributed by atoms with van der Waals surface area (Å²) in [7, 11) is 0. The first kappa shape index (κ1) is 11.8. The van der Waals surface area contributed by atoms with E-state index in [1.165, 1.54) is 6.42 Å². The molecule has 4 heteroatoms. The molecule has 0 saturated heterocycles. The van der Waals surface area contributed by atoms with Crippen LogP contribution in [0, 0.1) is 0 Å². The third kappa shape index (κ3) is 2.52. The average molecular weight is 234 g/mol. The zero-order chi connectivity index (χ0) is 12.3. The minimum atomic E-state index is -0.318. The lowest BCUT2D eigenvalue weighted by molar-refractivity contribution is 0.0527. The molecule has 1 aliphatic carbocycles. The number of nitrogen functional groups attached to an aromatic ring is 1. The van der Waals surface area contributed by atoms with E-state index < -0.39 is 0 Å². The molecule has 0 aliphatic heterocycles. The van der Waals surface area contributed by atoms with Crippen molar-refractivity contribution in [2.24, 2.45) is 0 Å². The monoisotopic (exact) mass is 234 g/mol. The zero-order valence-electron chi connectivity index (χ0n) is 10.0. The van der Waals surface area contributed by atoms with E-state index in [0.717, 1.165) is 18.5 Å². The summed E-state index contributed by atoms with van der Waals surface area (Å²) in [5, 5.41) is 3.33. The maximum atomic E-state index is 11.8. The van der Waals surface area contributed by atoms with Crippen molar-refractivity contribution in [1.29, 1.82) is 0 Å². The van der Waals surface area contributed by atoms with Gasteiger partial charge >= 0.3 is 5.97 Å². The Labute approximate surface area is 101 Å². The SMILES string of the molecule is CCOC(=O)c1cccc(N)c1NC1CCC1. The molecule has 0 unspecified atom stereocenters. The summed E-state index contributed by atoms with van der Waals surface area (Å²) in [6.45, 7) is 2.17. The first-order chi connectivity index (χ1) is 8.22. The van der Waals surface area contributed by atoms with Crippen LogP contribution in [0.15, 0.2) is 18.2 Å². The van der Waals surface area contributed by atoms with Crippen LogP contribution < -0.4 is 11.1 Å². The second kappa shape index (κ2) is 5.08. The van der Waals surface area contributed by atoms with Crippen LogP contribution in [0.5, 0.6) is 0 Å². The Balaban J connectivity index is 2.23. The topological polar surface area (TPSA) is 64.3 Å². The van der Waals surface area contributed by atoms with Gasteiger partial charge in [-0.1, -0.05) is 6.07 Å². The highest BCUT2D eigenvalue weighted by Crippen LogP contribution is 2.29. The number of hydrogen-bond acceptors (Lipinski definition) is 4. The summed E-state index contributed by atoms with van der Waals surface area (Å²) in [6, 6.07) is 5.75. The lowest BCUT2D eigenvalue weighted by Gasteiger charge is -2.29. The molecule has 1 aromatic carbocycles. The molecule has 0 atom stereocenters. The van der Waals surface area contributed by atoms with Gasteiger partial charge in [0.2, 0.25) is 0 Å². The maximum absolute atomic E-state index is 11.8. The molecule has 1 saturated carbocycles. The molecule has 92 valence electrons. The molecule has 0 heterocycles. The van der Waals surface area contributed by atoms with E-state index in [4.69, 9.17) is 10.5 Å². The normalized spacial score (nSPS) is 15.1. The Morgan fingerprint density at radius 1 is 1.53 bits per heavy atom. The molecule has 1 aliphatic rings. The van der Waals surface area contributed by atoms with Gasteiger partial charge in [0.05, 0.1) is 23.5 Å². The van der Waals surface area contributed by atoms with Crippen molar-refractivity contribution in [2.45, 2.75) is 32.2 Å². The van der Waals surface area contributed by atoms with Gasteiger partial charge in [-0.3, -0.25) is 0 Å². The van der Waals surface area contributed by atoms with Crippen LogP contribution in [0.1, 0.15) is 36.5 Å². The Morgan fingerprint density at radius 3 is 2.88 bits per heavy atom. The second-order valence-corrected chi connectivity index (χ2v) is 4.26. The van der Waals surface area contributed by atoms with Crippen LogP contribution in [0.25, 0.3) is 0 Å². The third-order valence-electron chi connectivity index (χ3n) is 3.05. The number of benzene rings is 1. The van der Waals surface area contributed by atoms with E-state index in [-0.39, 0.29) is 5.97 Å². The van der Waals surface area contributed by atoms with Gasteiger partial charge in [0.1, 0.15) is 0 Å². The number of esters is 1. The summed E-state index contributed by atoms with van der Waals surface area (Å²) in [5.41, 5.74) is 7.76. The standard InChI is InChI=1S/C13H18N2O2/c1-2-17-13(16)10-7-4-8-11(14)12(10)15-9-5-3-6-9/h4,7-9,15H,2-3,5-6,14H2,1H3. The molecule has 4 nitrogen and oxygen atoms in total. The number of para-hydroxylation sites is 1. The van der Waals surface area contributed by atoms with Gasteiger partial charge in [-0.25, -0.2) is 4.79 Å². The number of nitrogens with two attached hydrogens (primary N) is 1. The van der Waals surface area contributed by atoms with E-state index in [1.54, 1.807) is 25.1 Å². The molecule has 0 amide bonds. The largest absolute Gasteiger partial charge is 0.462 e. The van der Waals surface area contributed by atoms with Crippen molar-refractivity contribution < 1.29 is 9.53 Å². The Kier molecular flexibility index (Phi) is 3.52. The van der Waals surface area contributed by atoms with Gasteiger partial charge in [-0.15, -0.1) is 0 Å². The fourth-order valence-corrected chi connectivity index (χ4v) is 1.87. The highest BCUT2D eigenvalue weighted by Gasteiger charge is 2.21. The highest BCUT2D eigenvalue weighted by atomic mass is 16.5. The third-order valence-corrected chi connectivity index (χ3v) is 3.05. The van der Waals surface area contributed by atoms with Gasteiger partial charge in [0, 0.05) is 6.04 Å². The Morgan fingerprint density at radius 2 is 2.29 bits per heavy atom. The second-order valence-electron chi connectivity index (χ2n) is 4.26. The van der Waals surface area contributed by atoms with Crippen molar-refractivity contribution >= 4 is 17.3 Å². The molecule has 0 radical (unpaired) electrons. The molecule has 17 heavy (non-hydrogen) atoms. The van der Waals surface area contributed by atoms with Gasteiger partial charge in [0.25, 0.3) is 0 Å². The molecular weight excluding hydrogens is 216 g/mol. The summed E-state index contributed by atoms with van der Waals surface area (Å²) in [5.74, 6) is -0.318. The first-order valence-electron chi connectivity index (χ1n) is 6.04. The highest BCUT2D eigenvalue weighted by molar-refractivity contribution is 5.98. The molecule has 1 fully saturated rings. The average Bonchev–Trinajstić information content (AvgIpc) is 2.25. The smallest absolute Gasteiger partial charge is 0.340 e. The lowest BCUT2D eigenvalue weighted by Crippen LogP contribution is -2.28. The molecule has 1 aromatic rings. The number of hydrogen-bond donors (Lipinski definition) is 2. The fraction of sp³-hybridized carbons (Fsp3) is 0.462. The predicted octanol–water partition coefficient (Wildman–Crippen LogP) is 2.41. The molecule has 0 aromatic heterocycles. The molecule has 0 bridgehead atoms. The van der Waals surface area contributed by atoms with E-state index in [9.17, 15) is 4.79 Å². The summed E-state index contributed by atoms with van der Waals surface area (Å²) in [6.07, 6.45) is 3.51. The van der Waals surface area contributed by atoms with Crippen molar-refractivity contribution in [3.63, 3.8) is 0 Å². The maximum Gasteiger partial charge on any atom is 0.340 e. The van der Waals surface area contributed by atoms with E-state index in [0.29, 0.717) is 23.9 Å². The van der Waals surface area contributed by atoms with Crippen LogP contribution in [0.2, 0.25) is 0 Å². The number of carbonyl (C=O) groups excluding carboxylic acids is 1. The van der Waals surface area contributed by atoms with Crippen LogP contribution in [0.4, 0.5) is 11.4 Å². The van der Waals surface area contributed by atoms with Crippen LogP contribution >= 0.6 is 0 Å². The predicted molar refractivity (Wildman–Crippen MR) is 68.1 cm³/mol. The van der Waals surface area contributed by atoms with Crippen LogP contribution in [-0.4, -0.2) is 18.6 Å². The van der Waals surface area contributed by atoms with Crippen molar-refractivity contribution in [3.05, 3.63) is 23.8 Å². The van der Waals surface area contributed by atoms with E-state index in [1.807, 2.05) is 0 Å². The number of carbonyl (C=O) groups is 1. The molecule has 0 spiro atoms. The van der Waals surface area contributed by atoms with Gasteiger partial charge in [0.15, 0.2) is 0 Å². The van der Waals surface area contributed by atoms with Gasteiger partial charge < -0.3 is 15.8 Å². The Hall–Kier alpha value is -1.71. The summed E-state index contributed by atoms with van der Waals surface area (Å²) >= 11 is 0. The Bertz CT molecular complexity index is 414. The van der Waals surface area contributed by atoms with Crippen molar-refractivity contribution in [3.8, 4) is 0 Å². The summed E-state index contributed by atoms with van der Waals surface area (Å²) < 4.78 is 5.02.